The number of hydrogen-bond acceptors (Lipinski definition) is 5. The number of benzene rings is 3. The number of rotatable bonds is 9. The lowest BCUT2D eigenvalue weighted by Gasteiger charge is -2.29. The Morgan fingerprint density at radius 1 is 0.857 bits per heavy atom. The van der Waals surface area contributed by atoms with Gasteiger partial charge in [-0.2, -0.15) is 0 Å². The third kappa shape index (κ3) is 5.43. The molecule has 6 nitrogen and oxygen atoms in total. The van der Waals surface area contributed by atoms with E-state index in [4.69, 9.17) is 14.2 Å². The normalized spacial score (nSPS) is 15.7. The molecule has 0 unspecified atom stereocenters. The number of hydrogen-bond donors (Lipinski definition) is 0. The maximum Gasteiger partial charge on any atom is 0.258 e. The van der Waals surface area contributed by atoms with Gasteiger partial charge in [-0.15, -0.1) is 0 Å². The first-order chi connectivity index (χ1) is 17.2. The summed E-state index contributed by atoms with van der Waals surface area (Å²) in [5, 5.41) is 0. The van der Waals surface area contributed by atoms with Crippen molar-refractivity contribution in [2.75, 3.05) is 44.8 Å². The molecular weight excluding hydrogens is 440 g/mol. The largest absolute Gasteiger partial charge is 0.493 e. The van der Waals surface area contributed by atoms with Crippen LogP contribution in [0.1, 0.15) is 34.3 Å². The van der Waals surface area contributed by atoms with Gasteiger partial charge in [-0.1, -0.05) is 30.3 Å². The zero-order valence-corrected chi connectivity index (χ0v) is 20.2. The fourth-order valence-corrected chi connectivity index (χ4v) is 4.78. The van der Waals surface area contributed by atoms with Crippen LogP contribution in [-0.2, 0) is 13.0 Å². The van der Waals surface area contributed by atoms with Crippen LogP contribution in [0.2, 0.25) is 0 Å². The summed E-state index contributed by atoms with van der Waals surface area (Å²) in [7, 11) is 1.64. The maximum atomic E-state index is 13.3. The Morgan fingerprint density at radius 3 is 2.49 bits per heavy atom. The smallest absolute Gasteiger partial charge is 0.258 e. The second-order valence-corrected chi connectivity index (χ2v) is 9.03. The minimum atomic E-state index is -0.00869. The van der Waals surface area contributed by atoms with Crippen molar-refractivity contribution in [1.29, 1.82) is 0 Å². The number of carbonyl (C=O) groups excluding carboxylic acids is 1. The highest BCUT2D eigenvalue weighted by Crippen LogP contribution is 2.34. The van der Waals surface area contributed by atoms with Gasteiger partial charge in [0.25, 0.3) is 5.91 Å². The molecule has 0 bridgehead atoms. The van der Waals surface area contributed by atoms with Gasteiger partial charge in [0.05, 0.1) is 7.11 Å². The molecule has 3 aromatic rings. The van der Waals surface area contributed by atoms with Crippen LogP contribution in [-0.4, -0.2) is 50.7 Å². The highest BCUT2D eigenvalue weighted by Gasteiger charge is 2.26. The van der Waals surface area contributed by atoms with Gasteiger partial charge in [0.15, 0.2) is 11.5 Å². The van der Waals surface area contributed by atoms with Crippen molar-refractivity contribution in [3.8, 4) is 17.2 Å². The summed E-state index contributed by atoms with van der Waals surface area (Å²) in [5.74, 6) is 2.13. The molecule has 0 saturated carbocycles. The van der Waals surface area contributed by atoms with E-state index >= 15 is 0 Å². The van der Waals surface area contributed by atoms with Crippen molar-refractivity contribution in [3.63, 3.8) is 0 Å². The average molecular weight is 473 g/mol. The van der Waals surface area contributed by atoms with E-state index in [0.717, 1.165) is 48.6 Å². The number of ether oxygens (including phenoxy) is 3. The van der Waals surface area contributed by atoms with Crippen molar-refractivity contribution in [2.45, 2.75) is 25.9 Å². The van der Waals surface area contributed by atoms with E-state index < -0.39 is 0 Å². The van der Waals surface area contributed by atoms with Crippen molar-refractivity contribution < 1.29 is 19.0 Å². The second-order valence-electron chi connectivity index (χ2n) is 9.03. The van der Waals surface area contributed by atoms with E-state index in [2.05, 4.69) is 4.90 Å². The molecule has 0 N–H and O–H groups in total. The predicted molar refractivity (Wildman–Crippen MR) is 137 cm³/mol. The third-order valence-corrected chi connectivity index (χ3v) is 6.73. The first-order valence-corrected chi connectivity index (χ1v) is 12.4. The van der Waals surface area contributed by atoms with Crippen molar-refractivity contribution in [1.82, 2.24) is 4.90 Å². The van der Waals surface area contributed by atoms with Gasteiger partial charge in [-0.05, 0) is 73.8 Å². The molecule has 0 atom stereocenters. The quantitative estimate of drug-likeness (QED) is 0.441. The molecule has 182 valence electrons. The Bertz CT molecular complexity index is 1160. The van der Waals surface area contributed by atoms with Gasteiger partial charge in [-0.25, -0.2) is 0 Å². The lowest BCUT2D eigenvalue weighted by Crippen LogP contribution is -2.37. The van der Waals surface area contributed by atoms with Crippen LogP contribution >= 0.6 is 0 Å². The molecule has 2 aliphatic rings. The van der Waals surface area contributed by atoms with Gasteiger partial charge in [-0.3, -0.25) is 9.69 Å². The molecule has 2 heterocycles. The van der Waals surface area contributed by atoms with Crippen LogP contribution in [0, 0.1) is 0 Å². The number of carbonyl (C=O) groups is 1. The lowest BCUT2D eigenvalue weighted by molar-refractivity contribution is 0.0980. The van der Waals surface area contributed by atoms with Crippen LogP contribution in [0.15, 0.2) is 66.7 Å². The maximum absolute atomic E-state index is 13.3. The fourth-order valence-electron chi connectivity index (χ4n) is 4.78. The summed E-state index contributed by atoms with van der Waals surface area (Å²) in [6.07, 6.45) is 3.31. The predicted octanol–water partition coefficient (Wildman–Crippen LogP) is 4.95. The van der Waals surface area contributed by atoms with Crippen molar-refractivity contribution >= 4 is 11.6 Å². The van der Waals surface area contributed by atoms with Crippen LogP contribution in [0.25, 0.3) is 0 Å². The number of fused-ring (bicyclic) bond motifs is 1. The molecule has 2 aliphatic heterocycles. The topological polar surface area (TPSA) is 51.2 Å². The van der Waals surface area contributed by atoms with Crippen LogP contribution < -0.4 is 19.1 Å². The number of methoxy groups -OCH3 is 1. The van der Waals surface area contributed by atoms with E-state index in [1.165, 1.54) is 12.8 Å². The number of likely N-dealkylation sites (tertiary alicyclic amines) is 1. The molecule has 5 rings (SSSR count). The molecule has 1 amide bonds. The molecule has 0 radical (unpaired) electrons. The average Bonchev–Trinajstić information content (AvgIpc) is 3.42. The zero-order valence-electron chi connectivity index (χ0n) is 20.2. The minimum Gasteiger partial charge on any atom is -0.493 e. The Hall–Kier alpha value is -3.51. The highest BCUT2D eigenvalue weighted by molar-refractivity contribution is 6.08. The molecule has 3 aromatic carbocycles. The monoisotopic (exact) mass is 472 g/mol. The summed E-state index contributed by atoms with van der Waals surface area (Å²) in [6.45, 7) is 4.96. The van der Waals surface area contributed by atoms with Gasteiger partial charge in [0.1, 0.15) is 19.0 Å². The standard InChI is InChI=1S/C29H32N2O4/c1-33-28-20-24(9-12-27(28)34-18-17-30-14-5-6-15-30)31-16-13-23-19-25(10-11-26(23)29(31)32)35-21-22-7-3-2-4-8-22/h2-4,7-12,19-20H,5-6,13-18,21H2,1H3. The first kappa shape index (κ1) is 23.2. The van der Waals surface area contributed by atoms with E-state index in [0.29, 0.717) is 36.8 Å². The molecule has 0 spiro atoms. The fraction of sp³-hybridized carbons (Fsp3) is 0.345. The number of amides is 1. The molecule has 0 aliphatic carbocycles. The number of nitrogens with zero attached hydrogens (tertiary/aromatic N) is 2. The Labute approximate surface area is 207 Å². The summed E-state index contributed by atoms with van der Waals surface area (Å²) >= 11 is 0. The summed E-state index contributed by atoms with van der Waals surface area (Å²) in [6, 6.07) is 21.5. The molecule has 1 fully saturated rings. The van der Waals surface area contributed by atoms with Gasteiger partial charge in [0, 0.05) is 30.4 Å². The molecule has 35 heavy (non-hydrogen) atoms. The van der Waals surface area contributed by atoms with Gasteiger partial charge in [0.2, 0.25) is 0 Å². The van der Waals surface area contributed by atoms with E-state index in [-0.39, 0.29) is 5.91 Å². The van der Waals surface area contributed by atoms with Crippen molar-refractivity contribution in [3.05, 3.63) is 83.4 Å². The zero-order chi connectivity index (χ0) is 24.0. The number of anilines is 1. The first-order valence-electron chi connectivity index (χ1n) is 12.4. The summed E-state index contributed by atoms with van der Waals surface area (Å²) in [4.78, 5) is 17.5. The lowest BCUT2D eigenvalue weighted by atomic mass is 9.98. The Balaban J connectivity index is 1.24. The molecular formula is C29H32N2O4. The summed E-state index contributed by atoms with van der Waals surface area (Å²) in [5.41, 5.74) is 3.66. The van der Waals surface area contributed by atoms with Crippen LogP contribution in [0.4, 0.5) is 5.69 Å². The van der Waals surface area contributed by atoms with E-state index in [1.807, 2.05) is 71.6 Å². The van der Waals surface area contributed by atoms with Crippen LogP contribution in [0.5, 0.6) is 17.2 Å². The molecule has 1 saturated heterocycles. The van der Waals surface area contributed by atoms with Gasteiger partial charge >= 0.3 is 0 Å². The second kappa shape index (κ2) is 10.8. The summed E-state index contributed by atoms with van der Waals surface area (Å²) < 4.78 is 17.5. The van der Waals surface area contributed by atoms with E-state index in [9.17, 15) is 4.79 Å². The van der Waals surface area contributed by atoms with Gasteiger partial charge < -0.3 is 19.1 Å². The highest BCUT2D eigenvalue weighted by atomic mass is 16.5. The van der Waals surface area contributed by atoms with Crippen molar-refractivity contribution in [2.24, 2.45) is 0 Å². The minimum absolute atomic E-state index is 0.00869. The van der Waals surface area contributed by atoms with E-state index in [1.54, 1.807) is 7.11 Å². The molecule has 6 heteroatoms. The Morgan fingerprint density at radius 2 is 1.69 bits per heavy atom. The Kier molecular flexibility index (Phi) is 7.19. The third-order valence-electron chi connectivity index (χ3n) is 6.73. The molecule has 0 aromatic heterocycles. The SMILES string of the molecule is COc1cc(N2CCc3cc(OCc4ccccc4)ccc3C2=O)ccc1OCCN1CCCC1. The van der Waals surface area contributed by atoms with Crippen LogP contribution in [0.3, 0.4) is 0 Å².